The highest BCUT2D eigenvalue weighted by Gasteiger charge is 2.37. The van der Waals surface area contributed by atoms with E-state index in [9.17, 15) is 15.2 Å². The Hall–Kier alpha value is -0.773. The van der Waals surface area contributed by atoms with Crippen molar-refractivity contribution in [1.82, 2.24) is 9.55 Å². The van der Waals surface area contributed by atoms with Crippen molar-refractivity contribution >= 4 is 30.1 Å². The van der Waals surface area contributed by atoms with Crippen LogP contribution in [-0.2, 0) is 11.0 Å². The first-order valence-electron chi connectivity index (χ1n) is 6.63. The van der Waals surface area contributed by atoms with Gasteiger partial charge in [0, 0.05) is 15.9 Å². The average Bonchev–Trinajstić information content (AvgIpc) is 2.67. The molecule has 0 aliphatic rings. The highest BCUT2D eigenvalue weighted by Crippen LogP contribution is 2.36. The summed E-state index contributed by atoms with van der Waals surface area (Å²) >= 11 is 3.14. The largest absolute Gasteiger partial charge is 0.414 e. The van der Waals surface area contributed by atoms with E-state index >= 15 is 0 Å². The van der Waals surface area contributed by atoms with Crippen LogP contribution in [0.2, 0.25) is 18.1 Å². The van der Waals surface area contributed by atoms with Crippen LogP contribution in [-0.4, -0.2) is 40.6 Å². The van der Waals surface area contributed by atoms with E-state index in [0.29, 0.717) is 4.73 Å². The predicted molar refractivity (Wildman–Crippen MR) is 85.7 cm³/mol. The van der Waals surface area contributed by atoms with Gasteiger partial charge in [-0.05, 0) is 23.1 Å². The van der Waals surface area contributed by atoms with Gasteiger partial charge in [-0.2, -0.15) is 4.57 Å². The molecule has 120 valence electrons. The number of nitro groups is 1. The number of hydrogen-bond donors (Lipinski definition) is 1. The smallest absolute Gasteiger partial charge is 0.343 e. The molecule has 1 aromatic heterocycles. The molecule has 0 bridgehead atoms. The maximum atomic E-state index is 10.9. The van der Waals surface area contributed by atoms with E-state index in [4.69, 9.17) is 4.43 Å². The molecule has 0 spiro atoms. The van der Waals surface area contributed by atoms with Gasteiger partial charge in [0.15, 0.2) is 8.32 Å². The van der Waals surface area contributed by atoms with Gasteiger partial charge in [-0.25, -0.2) is 4.98 Å². The molecule has 0 saturated carbocycles. The van der Waals surface area contributed by atoms with Gasteiger partial charge in [-0.15, -0.1) is 0 Å². The maximum absolute atomic E-state index is 10.9. The summed E-state index contributed by atoms with van der Waals surface area (Å²) in [5, 5.41) is 21.0. The zero-order valence-corrected chi connectivity index (χ0v) is 15.5. The van der Waals surface area contributed by atoms with Gasteiger partial charge in [0.25, 0.3) is 4.73 Å². The molecule has 1 N–H and O–H groups in total. The van der Waals surface area contributed by atoms with Crippen molar-refractivity contribution in [2.45, 2.75) is 51.6 Å². The number of aliphatic hydroxyl groups is 1. The lowest BCUT2D eigenvalue weighted by Crippen LogP contribution is -2.43. The number of aliphatic hydroxyl groups excluding tert-OH is 1. The van der Waals surface area contributed by atoms with Crippen LogP contribution in [0.5, 0.6) is 0 Å². The normalized spacial score (nSPS) is 14.2. The minimum atomic E-state index is -1.95. The molecule has 0 aliphatic heterocycles. The van der Waals surface area contributed by atoms with Crippen LogP contribution in [0.1, 0.15) is 20.8 Å². The van der Waals surface area contributed by atoms with E-state index in [-0.39, 0.29) is 24.0 Å². The van der Waals surface area contributed by atoms with Crippen molar-refractivity contribution in [3.05, 3.63) is 21.0 Å². The van der Waals surface area contributed by atoms with Crippen molar-refractivity contribution in [2.75, 3.05) is 6.61 Å². The first-order chi connectivity index (χ1) is 9.45. The molecule has 0 aliphatic carbocycles. The van der Waals surface area contributed by atoms with Crippen LogP contribution in [0.3, 0.4) is 0 Å². The van der Waals surface area contributed by atoms with Gasteiger partial charge in [0.1, 0.15) is 18.8 Å². The van der Waals surface area contributed by atoms with Crippen LogP contribution in [0, 0.1) is 10.1 Å². The number of nitrogens with zero attached hydrogens (tertiary/aromatic N) is 3. The average molecular weight is 380 g/mol. The molecule has 0 aromatic carbocycles. The molecule has 9 heteroatoms. The summed E-state index contributed by atoms with van der Waals surface area (Å²) in [4.78, 5) is 14.2. The number of hydrogen-bond acceptors (Lipinski definition) is 5. The number of rotatable bonds is 6. The summed E-state index contributed by atoms with van der Waals surface area (Å²) in [5.74, 6) is -0.159. The summed E-state index contributed by atoms with van der Waals surface area (Å²) in [5.41, 5.74) is 0. The minimum Gasteiger partial charge on any atom is -0.414 e. The number of aromatic nitrogens is 2. The molecule has 0 saturated heterocycles. The van der Waals surface area contributed by atoms with Gasteiger partial charge in [0.2, 0.25) is 0 Å². The van der Waals surface area contributed by atoms with E-state index in [1.807, 2.05) is 0 Å². The van der Waals surface area contributed by atoms with E-state index in [0.717, 1.165) is 6.20 Å². The summed E-state index contributed by atoms with van der Waals surface area (Å²) in [6.07, 6.45) is 0.328. The summed E-state index contributed by atoms with van der Waals surface area (Å²) in [6, 6.07) is 0. The molecular formula is C12H22BrN3O4Si. The van der Waals surface area contributed by atoms with Gasteiger partial charge in [-0.3, -0.25) is 0 Å². The Bertz CT molecular complexity index is 513. The monoisotopic (exact) mass is 379 g/mol. The highest BCUT2D eigenvalue weighted by atomic mass is 79.9. The SMILES string of the molecule is CC(C)(C)[Si](C)(C)OCC(O)Cn1c([N+](=O)[O-])cnc1Br. The van der Waals surface area contributed by atoms with E-state index in [2.05, 4.69) is 54.8 Å². The van der Waals surface area contributed by atoms with Crippen LogP contribution in [0.15, 0.2) is 10.9 Å². The third-order valence-electron chi connectivity index (χ3n) is 3.81. The summed E-state index contributed by atoms with van der Waals surface area (Å²) in [6.45, 7) is 10.7. The second-order valence-corrected chi connectivity index (χ2v) is 12.0. The fourth-order valence-corrected chi connectivity index (χ4v) is 2.91. The second kappa shape index (κ2) is 6.55. The molecule has 1 heterocycles. The fourth-order valence-electron chi connectivity index (χ4n) is 1.44. The van der Waals surface area contributed by atoms with E-state index in [1.165, 1.54) is 4.57 Å². The van der Waals surface area contributed by atoms with Crippen LogP contribution in [0.25, 0.3) is 0 Å². The van der Waals surface area contributed by atoms with Gasteiger partial charge in [0.05, 0.1) is 6.61 Å². The van der Waals surface area contributed by atoms with Crippen molar-refractivity contribution < 1.29 is 14.5 Å². The molecule has 1 atom stereocenters. The summed E-state index contributed by atoms with van der Waals surface area (Å²) < 4.78 is 7.55. The molecule has 0 fully saturated rings. The van der Waals surface area contributed by atoms with Gasteiger partial charge >= 0.3 is 5.82 Å². The Labute approximate surface area is 133 Å². The Morgan fingerprint density at radius 2 is 2.14 bits per heavy atom. The van der Waals surface area contributed by atoms with Crippen LogP contribution in [0.4, 0.5) is 5.82 Å². The Morgan fingerprint density at radius 1 is 1.57 bits per heavy atom. The zero-order chi connectivity index (χ0) is 16.4. The third kappa shape index (κ3) is 4.60. The Kier molecular flexibility index (Phi) is 5.70. The zero-order valence-electron chi connectivity index (χ0n) is 13.0. The summed E-state index contributed by atoms with van der Waals surface area (Å²) in [7, 11) is -1.95. The Balaban J connectivity index is 2.69. The number of imidazole rings is 1. The van der Waals surface area contributed by atoms with Crippen molar-refractivity contribution in [3.63, 3.8) is 0 Å². The van der Waals surface area contributed by atoms with E-state index < -0.39 is 19.3 Å². The quantitative estimate of drug-likeness (QED) is 0.466. The molecule has 1 aromatic rings. The standard InChI is InChI=1S/C12H22BrN3O4Si/c1-12(2,3)21(4,5)20-8-9(17)7-15-10(16(18)19)6-14-11(15)13/h6,9,17H,7-8H2,1-5H3. The lowest BCUT2D eigenvalue weighted by molar-refractivity contribution is -0.392. The first-order valence-corrected chi connectivity index (χ1v) is 10.3. The van der Waals surface area contributed by atoms with Gasteiger partial charge < -0.3 is 19.6 Å². The molecule has 1 unspecified atom stereocenters. The minimum absolute atomic E-state index is 0.0499. The molecule has 1 rings (SSSR count). The topological polar surface area (TPSA) is 90.4 Å². The fraction of sp³-hybridized carbons (Fsp3) is 0.750. The molecule has 0 radical (unpaired) electrons. The third-order valence-corrected chi connectivity index (χ3v) is 8.94. The van der Waals surface area contributed by atoms with Crippen molar-refractivity contribution in [3.8, 4) is 0 Å². The molecule has 0 amide bonds. The van der Waals surface area contributed by atoms with Crippen LogP contribution >= 0.6 is 15.9 Å². The lowest BCUT2D eigenvalue weighted by atomic mass is 10.2. The molecular weight excluding hydrogens is 358 g/mol. The van der Waals surface area contributed by atoms with Crippen LogP contribution < -0.4 is 0 Å². The number of halogens is 1. The maximum Gasteiger partial charge on any atom is 0.343 e. The predicted octanol–water partition coefficient (Wildman–Crippen LogP) is 2.94. The van der Waals surface area contributed by atoms with Crippen molar-refractivity contribution in [2.24, 2.45) is 0 Å². The van der Waals surface area contributed by atoms with Crippen molar-refractivity contribution in [1.29, 1.82) is 0 Å². The Morgan fingerprint density at radius 3 is 2.62 bits per heavy atom. The molecule has 7 nitrogen and oxygen atoms in total. The molecule has 21 heavy (non-hydrogen) atoms. The van der Waals surface area contributed by atoms with E-state index in [1.54, 1.807) is 0 Å². The second-order valence-electron chi connectivity index (χ2n) is 6.48. The van der Waals surface area contributed by atoms with Gasteiger partial charge in [-0.1, -0.05) is 20.8 Å². The lowest BCUT2D eigenvalue weighted by Gasteiger charge is -2.36. The highest BCUT2D eigenvalue weighted by molar-refractivity contribution is 9.10. The first kappa shape index (κ1) is 18.3.